The first-order valence-electron chi connectivity index (χ1n) is 7.58. The number of phenols is 1. The zero-order valence-corrected chi connectivity index (χ0v) is 16.0. The fourth-order valence-electron chi connectivity index (χ4n) is 2.09. The van der Waals surface area contributed by atoms with Crippen molar-refractivity contribution in [1.29, 1.82) is 0 Å². The molecule has 2 rings (SSSR count). The maximum absolute atomic E-state index is 11.8. The predicted molar refractivity (Wildman–Crippen MR) is 101 cm³/mol. The maximum Gasteiger partial charge on any atom is 0.311 e. The SMILES string of the molecule is COc1cc(Br)cc(/C=N/NC(=O)COc2ccc(C)cc2[N+](=O)[O-])c1O. The van der Waals surface area contributed by atoms with E-state index in [1.165, 1.54) is 25.5 Å². The molecule has 0 bridgehead atoms. The van der Waals surface area contributed by atoms with Crippen molar-refractivity contribution in [2.24, 2.45) is 5.10 Å². The molecule has 2 N–H and O–H groups in total. The lowest BCUT2D eigenvalue weighted by atomic mass is 10.2. The number of amides is 1. The maximum atomic E-state index is 11.8. The van der Waals surface area contributed by atoms with Crippen LogP contribution >= 0.6 is 15.9 Å². The summed E-state index contributed by atoms with van der Waals surface area (Å²) < 4.78 is 10.9. The number of rotatable bonds is 7. The summed E-state index contributed by atoms with van der Waals surface area (Å²) in [6.07, 6.45) is 1.23. The van der Waals surface area contributed by atoms with Gasteiger partial charge in [-0.25, -0.2) is 5.43 Å². The van der Waals surface area contributed by atoms with Crippen LogP contribution in [0.25, 0.3) is 0 Å². The van der Waals surface area contributed by atoms with E-state index in [4.69, 9.17) is 9.47 Å². The van der Waals surface area contributed by atoms with Gasteiger partial charge in [-0.2, -0.15) is 5.10 Å². The summed E-state index contributed by atoms with van der Waals surface area (Å²) >= 11 is 3.27. The third kappa shape index (κ3) is 5.42. The lowest BCUT2D eigenvalue weighted by Crippen LogP contribution is -2.24. The molecule has 0 saturated carbocycles. The Morgan fingerprint density at radius 2 is 2.11 bits per heavy atom. The molecule has 0 aliphatic heterocycles. The number of methoxy groups -OCH3 is 1. The number of nitro benzene ring substituents is 1. The van der Waals surface area contributed by atoms with Crippen LogP contribution in [-0.4, -0.2) is 35.9 Å². The van der Waals surface area contributed by atoms with Gasteiger partial charge in [0, 0.05) is 16.1 Å². The van der Waals surface area contributed by atoms with E-state index < -0.39 is 17.4 Å². The van der Waals surface area contributed by atoms with Crippen LogP contribution < -0.4 is 14.9 Å². The zero-order chi connectivity index (χ0) is 20.0. The third-order valence-corrected chi connectivity index (χ3v) is 3.81. The Balaban J connectivity index is 1.99. The molecule has 0 saturated heterocycles. The number of aryl methyl sites for hydroxylation is 1. The molecule has 10 heteroatoms. The van der Waals surface area contributed by atoms with Crippen LogP contribution in [0.1, 0.15) is 11.1 Å². The van der Waals surface area contributed by atoms with Gasteiger partial charge in [0.25, 0.3) is 5.91 Å². The van der Waals surface area contributed by atoms with Crippen LogP contribution in [0.5, 0.6) is 17.2 Å². The lowest BCUT2D eigenvalue weighted by molar-refractivity contribution is -0.385. The highest BCUT2D eigenvalue weighted by Crippen LogP contribution is 2.32. The molecule has 0 aliphatic rings. The summed E-state index contributed by atoms with van der Waals surface area (Å²) in [4.78, 5) is 22.3. The van der Waals surface area contributed by atoms with E-state index in [9.17, 15) is 20.0 Å². The first-order chi connectivity index (χ1) is 12.8. The smallest absolute Gasteiger partial charge is 0.311 e. The minimum atomic E-state index is -0.623. The third-order valence-electron chi connectivity index (χ3n) is 3.35. The Morgan fingerprint density at radius 3 is 2.78 bits per heavy atom. The van der Waals surface area contributed by atoms with E-state index in [0.717, 1.165) is 0 Å². The molecule has 0 spiro atoms. The molecule has 142 valence electrons. The van der Waals surface area contributed by atoms with E-state index in [1.807, 2.05) is 0 Å². The second kappa shape index (κ2) is 8.99. The van der Waals surface area contributed by atoms with Gasteiger partial charge in [-0.3, -0.25) is 14.9 Å². The second-order valence-electron chi connectivity index (χ2n) is 5.36. The van der Waals surface area contributed by atoms with Crippen molar-refractivity contribution in [3.05, 3.63) is 56.0 Å². The molecule has 2 aromatic rings. The number of nitrogens with one attached hydrogen (secondary N) is 1. The highest BCUT2D eigenvalue weighted by atomic mass is 79.9. The van der Waals surface area contributed by atoms with Crippen LogP contribution in [0.15, 0.2) is 39.9 Å². The van der Waals surface area contributed by atoms with E-state index in [0.29, 0.717) is 15.6 Å². The number of aromatic hydroxyl groups is 1. The van der Waals surface area contributed by atoms with Crippen LogP contribution in [0, 0.1) is 17.0 Å². The Morgan fingerprint density at radius 1 is 1.37 bits per heavy atom. The van der Waals surface area contributed by atoms with Gasteiger partial charge in [0.05, 0.1) is 18.2 Å². The molecular formula is C17H16BrN3O6. The average Bonchev–Trinajstić information content (AvgIpc) is 2.63. The highest BCUT2D eigenvalue weighted by molar-refractivity contribution is 9.10. The number of benzene rings is 2. The number of ether oxygens (including phenoxy) is 2. The molecular weight excluding hydrogens is 422 g/mol. The monoisotopic (exact) mass is 437 g/mol. The molecule has 0 atom stereocenters. The van der Waals surface area contributed by atoms with Gasteiger partial charge in [0.15, 0.2) is 23.9 Å². The molecule has 1 amide bonds. The van der Waals surface area contributed by atoms with Crippen LogP contribution in [0.4, 0.5) is 5.69 Å². The molecule has 0 heterocycles. The van der Waals surface area contributed by atoms with Gasteiger partial charge in [-0.1, -0.05) is 22.0 Å². The number of hydrazone groups is 1. The van der Waals surface area contributed by atoms with Gasteiger partial charge in [0.2, 0.25) is 0 Å². The fourth-order valence-corrected chi connectivity index (χ4v) is 2.54. The molecule has 0 aliphatic carbocycles. The predicted octanol–water partition coefficient (Wildman–Crippen LogP) is 2.91. The van der Waals surface area contributed by atoms with Crippen molar-refractivity contribution in [2.45, 2.75) is 6.92 Å². The molecule has 0 unspecified atom stereocenters. The number of hydrogen-bond donors (Lipinski definition) is 2. The summed E-state index contributed by atoms with van der Waals surface area (Å²) in [5.41, 5.74) is 3.01. The molecule has 0 aromatic heterocycles. The Kier molecular flexibility index (Phi) is 6.72. The van der Waals surface area contributed by atoms with Crippen LogP contribution in [0.3, 0.4) is 0 Å². The van der Waals surface area contributed by atoms with Gasteiger partial charge in [0.1, 0.15) is 0 Å². The summed E-state index contributed by atoms with van der Waals surface area (Å²) in [7, 11) is 1.41. The fraction of sp³-hybridized carbons (Fsp3) is 0.176. The topological polar surface area (TPSA) is 123 Å². The quantitative estimate of drug-likeness (QED) is 0.389. The van der Waals surface area contributed by atoms with Crippen LogP contribution in [-0.2, 0) is 4.79 Å². The first kappa shape index (κ1) is 20.2. The van der Waals surface area contributed by atoms with Crippen molar-refractivity contribution in [3.63, 3.8) is 0 Å². The number of nitro groups is 1. The Hall–Kier alpha value is -3.14. The number of halogens is 1. The zero-order valence-electron chi connectivity index (χ0n) is 14.4. The van der Waals surface area contributed by atoms with Crippen LogP contribution in [0.2, 0.25) is 0 Å². The van der Waals surface area contributed by atoms with Crippen molar-refractivity contribution < 1.29 is 24.3 Å². The van der Waals surface area contributed by atoms with Crippen molar-refractivity contribution in [2.75, 3.05) is 13.7 Å². The van der Waals surface area contributed by atoms with Gasteiger partial charge >= 0.3 is 5.69 Å². The number of carbonyl (C=O) groups excluding carboxylic acids is 1. The van der Waals surface area contributed by atoms with E-state index in [2.05, 4.69) is 26.5 Å². The van der Waals surface area contributed by atoms with E-state index in [1.54, 1.807) is 25.1 Å². The summed E-state index contributed by atoms with van der Waals surface area (Å²) in [5.74, 6) is -0.529. The molecule has 2 aromatic carbocycles. The number of phenolic OH excluding ortho intramolecular Hbond substituents is 1. The lowest BCUT2D eigenvalue weighted by Gasteiger charge is -2.07. The first-order valence-corrected chi connectivity index (χ1v) is 8.37. The van der Waals surface area contributed by atoms with Crippen molar-refractivity contribution in [3.8, 4) is 17.2 Å². The second-order valence-corrected chi connectivity index (χ2v) is 6.27. The number of hydrogen-bond acceptors (Lipinski definition) is 7. The van der Waals surface area contributed by atoms with Crippen molar-refractivity contribution in [1.82, 2.24) is 5.43 Å². The van der Waals surface area contributed by atoms with E-state index in [-0.39, 0.29) is 22.9 Å². The summed E-state index contributed by atoms with van der Waals surface area (Å²) in [6.45, 7) is 1.25. The molecule has 27 heavy (non-hydrogen) atoms. The summed E-state index contributed by atoms with van der Waals surface area (Å²) in [6, 6.07) is 7.58. The largest absolute Gasteiger partial charge is 0.504 e. The molecule has 9 nitrogen and oxygen atoms in total. The molecule has 0 radical (unpaired) electrons. The minimum absolute atomic E-state index is 0.0147. The Labute approximate surface area is 162 Å². The number of carbonyl (C=O) groups is 1. The Bertz CT molecular complexity index is 900. The number of nitrogens with zero attached hydrogens (tertiary/aromatic N) is 2. The normalized spacial score (nSPS) is 10.6. The van der Waals surface area contributed by atoms with Gasteiger partial charge < -0.3 is 14.6 Å². The van der Waals surface area contributed by atoms with E-state index >= 15 is 0 Å². The van der Waals surface area contributed by atoms with Gasteiger partial charge in [-0.15, -0.1) is 0 Å². The standard InChI is InChI=1S/C17H16BrN3O6/c1-10-3-4-14(13(5-10)21(24)25)27-9-16(22)20-19-8-11-6-12(18)7-15(26-2)17(11)23/h3-8,23H,9H2,1-2H3,(H,20,22)/b19-8+. The minimum Gasteiger partial charge on any atom is -0.504 e. The van der Waals surface area contributed by atoms with Gasteiger partial charge in [-0.05, 0) is 30.7 Å². The summed E-state index contributed by atoms with van der Waals surface area (Å²) in [5, 5.41) is 24.7. The molecule has 0 fully saturated rings. The average molecular weight is 438 g/mol. The highest BCUT2D eigenvalue weighted by Gasteiger charge is 2.16. The van der Waals surface area contributed by atoms with Crippen molar-refractivity contribution >= 4 is 33.7 Å².